The monoisotopic (exact) mass is 402 g/mol. The van der Waals surface area contributed by atoms with Crippen molar-refractivity contribution >= 4 is 0 Å². The van der Waals surface area contributed by atoms with Crippen molar-refractivity contribution < 1.29 is 18.3 Å². The molecule has 29 heavy (non-hydrogen) atoms. The van der Waals surface area contributed by atoms with E-state index in [4.69, 9.17) is 9.47 Å². The Balaban J connectivity index is 1.21. The molecule has 2 aliphatic heterocycles. The van der Waals surface area contributed by atoms with Gasteiger partial charge in [0.25, 0.3) is 0 Å². The lowest BCUT2D eigenvalue weighted by Gasteiger charge is -2.38. The van der Waals surface area contributed by atoms with Crippen LogP contribution in [0.1, 0.15) is 36.2 Å². The minimum atomic E-state index is -0.791. The molecule has 2 aliphatic rings. The molecule has 1 aromatic heterocycles. The van der Waals surface area contributed by atoms with Crippen molar-refractivity contribution in [2.24, 2.45) is 5.41 Å². The van der Waals surface area contributed by atoms with Gasteiger partial charge in [-0.15, -0.1) is 0 Å². The van der Waals surface area contributed by atoms with E-state index in [1.165, 1.54) is 12.1 Å². The third-order valence-corrected chi connectivity index (χ3v) is 6.09. The van der Waals surface area contributed by atoms with E-state index in [1.807, 2.05) is 25.1 Å². The second kappa shape index (κ2) is 8.86. The zero-order valence-electron chi connectivity index (χ0n) is 16.9. The number of halogens is 2. The number of aryl methyl sites for hydroxylation is 1. The quantitative estimate of drug-likeness (QED) is 0.723. The molecule has 0 saturated carbocycles. The topological polar surface area (TPSA) is 34.6 Å². The fourth-order valence-electron chi connectivity index (χ4n) is 4.41. The summed E-state index contributed by atoms with van der Waals surface area (Å²) in [4.78, 5) is 6.77. The molecule has 1 atom stereocenters. The molecule has 1 spiro atoms. The van der Waals surface area contributed by atoms with Crippen molar-refractivity contribution in [1.82, 2.24) is 9.88 Å². The van der Waals surface area contributed by atoms with Gasteiger partial charge in [-0.05, 0) is 74.5 Å². The molecule has 2 aromatic rings. The van der Waals surface area contributed by atoms with Gasteiger partial charge in [-0.1, -0.05) is 12.1 Å². The maximum absolute atomic E-state index is 13.4. The Morgan fingerprint density at radius 1 is 1.17 bits per heavy atom. The summed E-state index contributed by atoms with van der Waals surface area (Å²) >= 11 is 0. The largest absolute Gasteiger partial charge is 0.375 e. The lowest BCUT2D eigenvalue weighted by molar-refractivity contribution is 0.00552. The van der Waals surface area contributed by atoms with Crippen LogP contribution in [0.5, 0.6) is 0 Å². The zero-order chi connectivity index (χ0) is 20.3. The standard InChI is InChI=1S/C23H28F2N2O2/c1-17-3-2-4-19(26-17)14-28-15-20-12-23(16-29-20)7-9-27(10-8-23)13-18-5-6-21(24)22(25)11-18/h2-6,11,20H,7-10,12-16H2,1H3. The summed E-state index contributed by atoms with van der Waals surface area (Å²) in [5, 5.41) is 0. The molecule has 3 heterocycles. The van der Waals surface area contributed by atoms with Gasteiger partial charge in [-0.25, -0.2) is 8.78 Å². The molecule has 0 amide bonds. The Bertz CT molecular complexity index is 837. The highest BCUT2D eigenvalue weighted by Crippen LogP contribution is 2.42. The minimum absolute atomic E-state index is 0.137. The molecule has 4 nitrogen and oxygen atoms in total. The maximum Gasteiger partial charge on any atom is 0.159 e. The number of piperidine rings is 1. The summed E-state index contributed by atoms with van der Waals surface area (Å²) in [5.74, 6) is -1.57. The van der Waals surface area contributed by atoms with Gasteiger partial charge >= 0.3 is 0 Å². The predicted octanol–water partition coefficient (Wildman–Crippen LogP) is 4.26. The van der Waals surface area contributed by atoms with E-state index in [2.05, 4.69) is 9.88 Å². The average molecular weight is 402 g/mol. The van der Waals surface area contributed by atoms with Gasteiger partial charge in [0.05, 0.1) is 31.6 Å². The van der Waals surface area contributed by atoms with E-state index in [0.717, 1.165) is 55.9 Å². The lowest BCUT2D eigenvalue weighted by atomic mass is 9.76. The molecule has 2 saturated heterocycles. The number of hydrogen-bond acceptors (Lipinski definition) is 4. The van der Waals surface area contributed by atoms with Crippen molar-refractivity contribution in [3.8, 4) is 0 Å². The Kier molecular flexibility index (Phi) is 6.23. The van der Waals surface area contributed by atoms with Gasteiger partial charge in [0, 0.05) is 12.2 Å². The van der Waals surface area contributed by atoms with Crippen LogP contribution in [0.4, 0.5) is 8.78 Å². The predicted molar refractivity (Wildman–Crippen MR) is 106 cm³/mol. The van der Waals surface area contributed by atoms with E-state index in [1.54, 1.807) is 6.07 Å². The molecule has 0 radical (unpaired) electrons. The first-order valence-corrected chi connectivity index (χ1v) is 10.3. The maximum atomic E-state index is 13.4. The molecule has 6 heteroatoms. The number of aromatic nitrogens is 1. The second-order valence-corrected chi connectivity index (χ2v) is 8.45. The number of benzene rings is 1. The summed E-state index contributed by atoms with van der Waals surface area (Å²) in [6.07, 6.45) is 3.28. The van der Waals surface area contributed by atoms with Crippen LogP contribution in [0.3, 0.4) is 0 Å². The normalized spacial score (nSPS) is 21.7. The molecular weight excluding hydrogens is 374 g/mol. The van der Waals surface area contributed by atoms with E-state index in [0.29, 0.717) is 19.8 Å². The van der Waals surface area contributed by atoms with Crippen LogP contribution in [0.2, 0.25) is 0 Å². The summed E-state index contributed by atoms with van der Waals surface area (Å²) in [7, 11) is 0. The van der Waals surface area contributed by atoms with Gasteiger partial charge < -0.3 is 9.47 Å². The average Bonchev–Trinajstić information content (AvgIpc) is 3.09. The highest BCUT2D eigenvalue weighted by molar-refractivity contribution is 5.18. The number of nitrogens with zero attached hydrogens (tertiary/aromatic N) is 2. The van der Waals surface area contributed by atoms with Gasteiger partial charge in [0.2, 0.25) is 0 Å². The van der Waals surface area contributed by atoms with Crippen molar-refractivity contribution in [3.63, 3.8) is 0 Å². The SMILES string of the molecule is Cc1cccc(COCC2CC3(CCN(Cc4ccc(F)c(F)c4)CC3)CO2)n1. The van der Waals surface area contributed by atoms with Crippen LogP contribution in [-0.4, -0.2) is 42.3 Å². The van der Waals surface area contributed by atoms with Crippen molar-refractivity contribution in [2.75, 3.05) is 26.3 Å². The Morgan fingerprint density at radius 3 is 2.76 bits per heavy atom. The van der Waals surface area contributed by atoms with Crippen molar-refractivity contribution in [1.29, 1.82) is 0 Å². The summed E-state index contributed by atoms with van der Waals surface area (Å²) in [5.41, 5.74) is 2.99. The number of rotatable bonds is 6. The van der Waals surface area contributed by atoms with Crippen LogP contribution in [0.15, 0.2) is 36.4 Å². The third kappa shape index (κ3) is 5.18. The van der Waals surface area contributed by atoms with Gasteiger partial charge in [-0.2, -0.15) is 0 Å². The summed E-state index contributed by atoms with van der Waals surface area (Å²) in [6.45, 7) is 6.41. The molecular formula is C23H28F2N2O2. The van der Waals surface area contributed by atoms with Crippen LogP contribution in [0, 0.1) is 24.0 Å². The van der Waals surface area contributed by atoms with Crippen LogP contribution in [0.25, 0.3) is 0 Å². The first-order chi connectivity index (χ1) is 14.0. The highest BCUT2D eigenvalue weighted by Gasteiger charge is 2.42. The zero-order valence-corrected chi connectivity index (χ0v) is 16.9. The Morgan fingerprint density at radius 2 is 2.00 bits per heavy atom. The highest BCUT2D eigenvalue weighted by atomic mass is 19.2. The minimum Gasteiger partial charge on any atom is -0.375 e. The molecule has 4 rings (SSSR count). The summed E-state index contributed by atoms with van der Waals surface area (Å²) in [6, 6.07) is 10.1. The summed E-state index contributed by atoms with van der Waals surface area (Å²) < 4.78 is 38.4. The van der Waals surface area contributed by atoms with Crippen molar-refractivity contribution in [2.45, 2.75) is 45.4 Å². The molecule has 0 bridgehead atoms. The molecule has 0 N–H and O–H groups in total. The number of hydrogen-bond donors (Lipinski definition) is 0. The first kappa shape index (κ1) is 20.4. The van der Waals surface area contributed by atoms with E-state index in [9.17, 15) is 8.78 Å². The molecule has 1 unspecified atom stereocenters. The second-order valence-electron chi connectivity index (χ2n) is 8.45. The fraction of sp³-hybridized carbons (Fsp3) is 0.522. The molecule has 156 valence electrons. The van der Waals surface area contributed by atoms with Crippen LogP contribution >= 0.6 is 0 Å². The Labute approximate surface area is 170 Å². The third-order valence-electron chi connectivity index (χ3n) is 6.09. The number of pyridine rings is 1. The van der Waals surface area contributed by atoms with Gasteiger partial charge in [0.1, 0.15) is 0 Å². The van der Waals surface area contributed by atoms with Gasteiger partial charge in [0.15, 0.2) is 11.6 Å². The van der Waals surface area contributed by atoms with E-state index < -0.39 is 11.6 Å². The number of likely N-dealkylation sites (tertiary alicyclic amines) is 1. The van der Waals surface area contributed by atoms with Crippen molar-refractivity contribution in [3.05, 3.63) is 65.0 Å². The van der Waals surface area contributed by atoms with E-state index >= 15 is 0 Å². The van der Waals surface area contributed by atoms with E-state index in [-0.39, 0.29) is 11.5 Å². The lowest BCUT2D eigenvalue weighted by Crippen LogP contribution is -2.40. The van der Waals surface area contributed by atoms with Crippen LogP contribution in [-0.2, 0) is 22.6 Å². The van der Waals surface area contributed by atoms with Gasteiger partial charge in [-0.3, -0.25) is 9.88 Å². The Hall–Kier alpha value is -1.89. The molecule has 0 aliphatic carbocycles. The molecule has 2 fully saturated rings. The number of ether oxygens (including phenoxy) is 2. The van der Waals surface area contributed by atoms with Crippen LogP contribution < -0.4 is 0 Å². The smallest absolute Gasteiger partial charge is 0.159 e. The fourth-order valence-corrected chi connectivity index (χ4v) is 4.41. The molecule has 1 aromatic carbocycles. The first-order valence-electron chi connectivity index (χ1n) is 10.3.